The summed E-state index contributed by atoms with van der Waals surface area (Å²) in [4.78, 5) is 0. The van der Waals surface area contributed by atoms with Crippen LogP contribution in [0, 0.1) is 5.92 Å². The van der Waals surface area contributed by atoms with E-state index in [-0.39, 0.29) is 12.5 Å². The Morgan fingerprint density at radius 2 is 2.22 bits per heavy atom. The first-order valence-corrected chi connectivity index (χ1v) is 6.20. The number of hydrogen-bond acceptors (Lipinski definition) is 4. The van der Waals surface area contributed by atoms with Crippen LogP contribution in [-0.2, 0) is 0 Å². The molecule has 0 aliphatic carbocycles. The first-order chi connectivity index (χ1) is 8.40. The minimum absolute atomic E-state index is 0.116. The molecule has 4 heteroatoms. The van der Waals surface area contributed by atoms with Crippen LogP contribution < -0.4 is 9.47 Å². The summed E-state index contributed by atoms with van der Waals surface area (Å²) in [6.45, 7) is 6.18. The summed E-state index contributed by atoms with van der Waals surface area (Å²) in [5.41, 5.74) is -0.0719. The summed E-state index contributed by atoms with van der Waals surface area (Å²) in [6.07, 6.45) is -0.548. The van der Waals surface area contributed by atoms with Gasteiger partial charge >= 0.3 is 0 Å². The highest BCUT2D eigenvalue weighted by Gasteiger charge is 2.26. The summed E-state index contributed by atoms with van der Waals surface area (Å²) in [6, 6.07) is 5.33. The lowest BCUT2D eigenvalue weighted by molar-refractivity contribution is -0.0266. The number of ether oxygens (including phenoxy) is 2. The molecule has 1 aliphatic heterocycles. The molecule has 2 atom stereocenters. The van der Waals surface area contributed by atoms with Gasteiger partial charge in [-0.05, 0) is 25.0 Å². The zero-order valence-electron chi connectivity index (χ0n) is 11.0. The van der Waals surface area contributed by atoms with Gasteiger partial charge in [-0.3, -0.25) is 0 Å². The number of hydrogen-bond donors (Lipinski definition) is 2. The summed E-state index contributed by atoms with van der Waals surface area (Å²) < 4.78 is 10.9. The third-order valence-corrected chi connectivity index (χ3v) is 3.52. The first-order valence-electron chi connectivity index (χ1n) is 6.20. The average molecular weight is 252 g/mol. The molecule has 0 radical (unpaired) electrons. The van der Waals surface area contributed by atoms with E-state index in [9.17, 15) is 10.2 Å². The molecule has 1 aromatic rings. The lowest BCUT2D eigenvalue weighted by atomic mass is 9.94. The van der Waals surface area contributed by atoms with Crippen molar-refractivity contribution in [1.29, 1.82) is 0 Å². The Hall–Kier alpha value is -1.26. The van der Waals surface area contributed by atoms with Crippen molar-refractivity contribution in [1.82, 2.24) is 0 Å². The molecule has 100 valence electrons. The molecular formula is C14H20O4. The smallest absolute Gasteiger partial charge is 0.129 e. The van der Waals surface area contributed by atoms with E-state index in [0.717, 1.165) is 5.56 Å². The van der Waals surface area contributed by atoms with E-state index < -0.39 is 11.7 Å². The van der Waals surface area contributed by atoms with Crippen LogP contribution in [0.15, 0.2) is 18.2 Å². The fourth-order valence-corrected chi connectivity index (χ4v) is 1.66. The van der Waals surface area contributed by atoms with Gasteiger partial charge in [0, 0.05) is 11.6 Å². The Kier molecular flexibility index (Phi) is 3.50. The van der Waals surface area contributed by atoms with E-state index in [1.165, 1.54) is 0 Å². The van der Waals surface area contributed by atoms with Crippen molar-refractivity contribution in [3.63, 3.8) is 0 Å². The fraction of sp³-hybridized carbons (Fsp3) is 0.571. The van der Waals surface area contributed by atoms with Gasteiger partial charge in [-0.25, -0.2) is 0 Å². The van der Waals surface area contributed by atoms with E-state index in [1.54, 1.807) is 25.1 Å². The first kappa shape index (κ1) is 13.2. The molecule has 18 heavy (non-hydrogen) atoms. The lowest BCUT2D eigenvalue weighted by Gasteiger charge is -2.27. The molecule has 0 spiro atoms. The molecule has 2 unspecified atom stereocenters. The number of aliphatic hydroxyl groups is 2. The molecule has 1 heterocycles. The van der Waals surface area contributed by atoms with Gasteiger partial charge in [0.1, 0.15) is 30.8 Å². The van der Waals surface area contributed by atoms with E-state index in [0.29, 0.717) is 18.1 Å². The second kappa shape index (κ2) is 4.78. The van der Waals surface area contributed by atoms with Crippen LogP contribution in [0.25, 0.3) is 0 Å². The van der Waals surface area contributed by atoms with Crippen molar-refractivity contribution >= 4 is 0 Å². The maximum atomic E-state index is 10.1. The van der Waals surface area contributed by atoms with E-state index in [2.05, 4.69) is 0 Å². The molecule has 0 bridgehead atoms. The molecule has 2 rings (SSSR count). The third-order valence-electron chi connectivity index (χ3n) is 3.52. The average Bonchev–Trinajstić information content (AvgIpc) is 2.68. The highest BCUT2D eigenvalue weighted by molar-refractivity contribution is 5.44. The number of rotatable bonds is 4. The van der Waals surface area contributed by atoms with Gasteiger partial charge in [-0.1, -0.05) is 13.8 Å². The van der Waals surface area contributed by atoms with E-state index in [4.69, 9.17) is 9.47 Å². The van der Waals surface area contributed by atoms with Crippen molar-refractivity contribution in [2.24, 2.45) is 5.92 Å². The zero-order chi connectivity index (χ0) is 13.3. The Morgan fingerprint density at radius 1 is 1.50 bits per heavy atom. The predicted molar refractivity (Wildman–Crippen MR) is 67.9 cm³/mol. The van der Waals surface area contributed by atoms with Gasteiger partial charge in [0.25, 0.3) is 0 Å². The standard InChI is InChI=1S/C14H20O4/c1-9(2)14(3,16)8-18-10-4-5-11-12(15)7-17-13(11)6-10/h4-6,9,12,15-16H,7-8H2,1-3H3. The molecule has 1 aromatic carbocycles. The van der Waals surface area contributed by atoms with E-state index >= 15 is 0 Å². The number of fused-ring (bicyclic) bond motifs is 1. The number of aliphatic hydroxyl groups excluding tert-OH is 1. The monoisotopic (exact) mass is 252 g/mol. The van der Waals surface area contributed by atoms with Crippen LogP contribution in [0.3, 0.4) is 0 Å². The summed E-state index contributed by atoms with van der Waals surface area (Å²) in [5.74, 6) is 1.41. The Bertz CT molecular complexity index is 426. The van der Waals surface area contributed by atoms with Crippen LogP contribution in [0.2, 0.25) is 0 Å². The topological polar surface area (TPSA) is 58.9 Å². The van der Waals surface area contributed by atoms with Crippen molar-refractivity contribution in [3.8, 4) is 11.5 Å². The van der Waals surface area contributed by atoms with Crippen molar-refractivity contribution in [2.75, 3.05) is 13.2 Å². The van der Waals surface area contributed by atoms with Gasteiger partial charge < -0.3 is 19.7 Å². The van der Waals surface area contributed by atoms with Crippen molar-refractivity contribution in [2.45, 2.75) is 32.5 Å². The highest BCUT2D eigenvalue weighted by Crippen LogP contribution is 2.35. The Labute approximate surface area is 107 Å². The van der Waals surface area contributed by atoms with Crippen LogP contribution >= 0.6 is 0 Å². The molecule has 0 saturated carbocycles. The van der Waals surface area contributed by atoms with Crippen molar-refractivity contribution in [3.05, 3.63) is 23.8 Å². The zero-order valence-corrected chi connectivity index (χ0v) is 11.0. The minimum Gasteiger partial charge on any atom is -0.490 e. The lowest BCUT2D eigenvalue weighted by Crippen LogP contribution is -2.37. The Morgan fingerprint density at radius 3 is 2.89 bits per heavy atom. The molecule has 0 fully saturated rings. The predicted octanol–water partition coefficient (Wildman–Crippen LogP) is 1.90. The molecule has 0 amide bonds. The van der Waals surface area contributed by atoms with Crippen LogP contribution in [0.1, 0.15) is 32.4 Å². The molecule has 1 aliphatic rings. The summed E-state index contributed by atoms with van der Waals surface area (Å²) in [7, 11) is 0. The van der Waals surface area contributed by atoms with Crippen LogP contribution in [0.4, 0.5) is 0 Å². The van der Waals surface area contributed by atoms with E-state index in [1.807, 2.05) is 13.8 Å². The second-order valence-corrected chi connectivity index (χ2v) is 5.33. The Balaban J connectivity index is 2.04. The number of benzene rings is 1. The molecule has 2 N–H and O–H groups in total. The highest BCUT2D eigenvalue weighted by atomic mass is 16.5. The van der Waals surface area contributed by atoms with Crippen molar-refractivity contribution < 1.29 is 19.7 Å². The molecule has 0 aromatic heterocycles. The normalized spacial score (nSPS) is 21.3. The summed E-state index contributed by atoms with van der Waals surface area (Å²) in [5, 5.41) is 19.7. The fourth-order valence-electron chi connectivity index (χ4n) is 1.66. The van der Waals surface area contributed by atoms with Gasteiger partial charge in [0.15, 0.2) is 0 Å². The maximum absolute atomic E-state index is 10.1. The SMILES string of the molecule is CC(C)C(C)(O)COc1ccc2c(c1)OCC2O. The van der Waals surface area contributed by atoms with Gasteiger partial charge in [0.2, 0.25) is 0 Å². The minimum atomic E-state index is -0.862. The molecule has 4 nitrogen and oxygen atoms in total. The summed E-state index contributed by atoms with van der Waals surface area (Å²) >= 11 is 0. The third kappa shape index (κ3) is 2.60. The largest absolute Gasteiger partial charge is 0.490 e. The molecule has 0 saturated heterocycles. The van der Waals surface area contributed by atoms with Gasteiger partial charge in [0.05, 0.1) is 5.60 Å². The quantitative estimate of drug-likeness (QED) is 0.859. The van der Waals surface area contributed by atoms with Gasteiger partial charge in [-0.15, -0.1) is 0 Å². The van der Waals surface area contributed by atoms with Crippen LogP contribution in [0.5, 0.6) is 11.5 Å². The second-order valence-electron chi connectivity index (χ2n) is 5.33. The molecular weight excluding hydrogens is 232 g/mol. The maximum Gasteiger partial charge on any atom is 0.129 e. The van der Waals surface area contributed by atoms with Gasteiger partial charge in [-0.2, -0.15) is 0 Å². The van der Waals surface area contributed by atoms with Crippen LogP contribution in [-0.4, -0.2) is 29.0 Å².